The Bertz CT molecular complexity index is 700. The Morgan fingerprint density at radius 1 is 1.26 bits per heavy atom. The van der Waals surface area contributed by atoms with E-state index >= 15 is 0 Å². The van der Waals surface area contributed by atoms with Crippen LogP contribution in [-0.2, 0) is 0 Å². The van der Waals surface area contributed by atoms with Crippen LogP contribution in [0.1, 0.15) is 22.0 Å². The Kier molecular flexibility index (Phi) is 3.29. The number of nitrogens with one attached hydrogen (secondary N) is 1. The zero-order chi connectivity index (χ0) is 13.2. The van der Waals surface area contributed by atoms with Crippen LogP contribution >= 0.6 is 11.3 Å². The number of fused-ring (bicyclic) bond motifs is 1. The van der Waals surface area contributed by atoms with Crippen LogP contribution in [0.15, 0.2) is 48.0 Å². The van der Waals surface area contributed by atoms with Gasteiger partial charge in [-0.1, -0.05) is 18.2 Å². The number of aromatic nitrogens is 1. The molecule has 3 rings (SSSR count). The molecule has 1 atom stereocenters. The number of aryl methyl sites for hydroxylation is 1. The van der Waals surface area contributed by atoms with Crippen LogP contribution in [0.4, 0.5) is 0 Å². The highest BCUT2D eigenvalue weighted by molar-refractivity contribution is 7.10. The highest BCUT2D eigenvalue weighted by Crippen LogP contribution is 2.29. The van der Waals surface area contributed by atoms with Gasteiger partial charge in [0.25, 0.3) is 0 Å². The molecule has 0 fully saturated rings. The molecule has 4 heteroatoms. The fourth-order valence-electron chi connectivity index (χ4n) is 2.36. The maximum Gasteiger partial charge on any atom is 0.0724 e. The molecule has 3 aromatic rings. The maximum atomic E-state index is 5.77. The van der Waals surface area contributed by atoms with E-state index in [4.69, 9.17) is 5.84 Å². The van der Waals surface area contributed by atoms with E-state index in [2.05, 4.69) is 40.9 Å². The minimum Gasteiger partial charge on any atom is -0.271 e. The normalized spacial score (nSPS) is 12.7. The fraction of sp³-hybridized carbons (Fsp3) is 0.133. The number of rotatable bonds is 3. The van der Waals surface area contributed by atoms with Gasteiger partial charge in [-0.05, 0) is 41.6 Å². The number of hydrazine groups is 1. The summed E-state index contributed by atoms with van der Waals surface area (Å²) in [6.45, 7) is 2.10. The van der Waals surface area contributed by atoms with Crippen molar-refractivity contribution in [3.63, 3.8) is 0 Å². The van der Waals surface area contributed by atoms with Crippen LogP contribution in [-0.4, -0.2) is 4.98 Å². The van der Waals surface area contributed by atoms with E-state index < -0.39 is 0 Å². The molecule has 0 aliphatic heterocycles. The van der Waals surface area contributed by atoms with Gasteiger partial charge in [-0.15, -0.1) is 11.3 Å². The molecule has 0 saturated heterocycles. The van der Waals surface area contributed by atoms with Gasteiger partial charge in [0.2, 0.25) is 0 Å². The standard InChI is InChI=1S/C15H15N3S/c1-10-8-11(9-19-10)15(18-16)13-4-2-6-14-12(13)5-3-7-17-14/h2-9,15,18H,16H2,1H3. The van der Waals surface area contributed by atoms with Gasteiger partial charge in [-0.3, -0.25) is 10.8 Å². The third kappa shape index (κ3) is 2.26. The first-order chi connectivity index (χ1) is 9.29. The molecular weight excluding hydrogens is 254 g/mol. The summed E-state index contributed by atoms with van der Waals surface area (Å²) < 4.78 is 0. The molecule has 0 saturated carbocycles. The van der Waals surface area contributed by atoms with E-state index in [1.165, 1.54) is 10.4 Å². The van der Waals surface area contributed by atoms with Crippen LogP contribution in [0.5, 0.6) is 0 Å². The van der Waals surface area contributed by atoms with E-state index in [1.54, 1.807) is 11.3 Å². The lowest BCUT2D eigenvalue weighted by atomic mass is 9.97. The number of nitrogens with two attached hydrogens (primary N) is 1. The molecule has 0 aliphatic rings. The Morgan fingerprint density at radius 3 is 2.89 bits per heavy atom. The van der Waals surface area contributed by atoms with Crippen molar-refractivity contribution in [2.45, 2.75) is 13.0 Å². The van der Waals surface area contributed by atoms with Gasteiger partial charge in [-0.25, -0.2) is 5.43 Å². The quantitative estimate of drug-likeness (QED) is 0.567. The lowest BCUT2D eigenvalue weighted by Crippen LogP contribution is -2.28. The molecule has 0 bridgehead atoms. The third-order valence-electron chi connectivity index (χ3n) is 3.24. The van der Waals surface area contributed by atoms with Crippen LogP contribution in [0.2, 0.25) is 0 Å². The second kappa shape index (κ2) is 5.09. The summed E-state index contributed by atoms with van der Waals surface area (Å²) in [4.78, 5) is 5.68. The third-order valence-corrected chi connectivity index (χ3v) is 4.12. The van der Waals surface area contributed by atoms with Gasteiger partial charge in [0, 0.05) is 16.5 Å². The lowest BCUT2D eigenvalue weighted by Gasteiger charge is -2.17. The first-order valence-corrected chi connectivity index (χ1v) is 7.02. The van der Waals surface area contributed by atoms with Gasteiger partial charge in [0.05, 0.1) is 11.6 Å². The number of nitrogens with zero attached hydrogens (tertiary/aromatic N) is 1. The van der Waals surface area contributed by atoms with Crippen molar-refractivity contribution in [2.24, 2.45) is 5.84 Å². The van der Waals surface area contributed by atoms with Gasteiger partial charge in [-0.2, -0.15) is 0 Å². The van der Waals surface area contributed by atoms with Crippen molar-refractivity contribution in [1.29, 1.82) is 0 Å². The average Bonchev–Trinajstić information content (AvgIpc) is 2.86. The summed E-state index contributed by atoms with van der Waals surface area (Å²) in [6.07, 6.45) is 1.81. The van der Waals surface area contributed by atoms with Crippen molar-refractivity contribution in [1.82, 2.24) is 10.4 Å². The summed E-state index contributed by atoms with van der Waals surface area (Å²) in [5, 5.41) is 3.28. The second-order valence-electron chi connectivity index (χ2n) is 4.51. The maximum absolute atomic E-state index is 5.77. The molecule has 1 aromatic carbocycles. The molecule has 0 radical (unpaired) electrons. The molecule has 2 heterocycles. The van der Waals surface area contributed by atoms with Crippen molar-refractivity contribution >= 4 is 22.2 Å². The van der Waals surface area contributed by atoms with E-state index in [0.717, 1.165) is 16.5 Å². The monoisotopic (exact) mass is 269 g/mol. The zero-order valence-electron chi connectivity index (χ0n) is 10.6. The fourth-order valence-corrected chi connectivity index (χ4v) is 3.09. The van der Waals surface area contributed by atoms with Gasteiger partial charge < -0.3 is 0 Å². The average molecular weight is 269 g/mol. The summed E-state index contributed by atoms with van der Waals surface area (Å²) in [7, 11) is 0. The SMILES string of the molecule is Cc1cc(C(NN)c2cccc3ncccc23)cs1. The minimum absolute atomic E-state index is 0.00199. The predicted octanol–water partition coefficient (Wildman–Crippen LogP) is 3.16. The molecule has 96 valence electrons. The topological polar surface area (TPSA) is 50.9 Å². The van der Waals surface area contributed by atoms with Crippen LogP contribution in [0.25, 0.3) is 10.9 Å². The first-order valence-electron chi connectivity index (χ1n) is 6.14. The molecule has 19 heavy (non-hydrogen) atoms. The molecule has 3 nitrogen and oxygen atoms in total. The van der Waals surface area contributed by atoms with Crippen molar-refractivity contribution in [2.75, 3.05) is 0 Å². The first kappa shape index (κ1) is 12.3. The number of hydrogen-bond acceptors (Lipinski definition) is 4. The summed E-state index contributed by atoms with van der Waals surface area (Å²) >= 11 is 1.74. The van der Waals surface area contributed by atoms with E-state index in [9.17, 15) is 0 Å². The lowest BCUT2D eigenvalue weighted by molar-refractivity contribution is 0.642. The van der Waals surface area contributed by atoms with Crippen molar-refractivity contribution in [3.05, 3.63) is 64.0 Å². The summed E-state index contributed by atoms with van der Waals surface area (Å²) in [6, 6.07) is 12.4. The molecule has 0 spiro atoms. The smallest absolute Gasteiger partial charge is 0.0724 e. The largest absolute Gasteiger partial charge is 0.271 e. The molecule has 1 unspecified atom stereocenters. The number of hydrogen-bond donors (Lipinski definition) is 2. The van der Waals surface area contributed by atoms with E-state index in [1.807, 2.05) is 24.4 Å². The highest BCUT2D eigenvalue weighted by Gasteiger charge is 2.16. The molecular formula is C15H15N3S. The van der Waals surface area contributed by atoms with Crippen molar-refractivity contribution < 1.29 is 0 Å². The van der Waals surface area contributed by atoms with Gasteiger partial charge >= 0.3 is 0 Å². The van der Waals surface area contributed by atoms with E-state index in [-0.39, 0.29) is 6.04 Å². The minimum atomic E-state index is -0.00199. The molecule has 0 amide bonds. The van der Waals surface area contributed by atoms with Gasteiger partial charge in [0.1, 0.15) is 0 Å². The van der Waals surface area contributed by atoms with Crippen molar-refractivity contribution in [3.8, 4) is 0 Å². The number of benzene rings is 1. The van der Waals surface area contributed by atoms with E-state index in [0.29, 0.717) is 0 Å². The Balaban J connectivity index is 2.16. The summed E-state index contributed by atoms with van der Waals surface area (Å²) in [5.74, 6) is 5.77. The molecule has 0 aliphatic carbocycles. The van der Waals surface area contributed by atoms with Crippen LogP contribution < -0.4 is 11.3 Å². The predicted molar refractivity (Wildman–Crippen MR) is 80.0 cm³/mol. The van der Waals surface area contributed by atoms with Gasteiger partial charge in [0.15, 0.2) is 0 Å². The molecule has 2 aromatic heterocycles. The molecule has 3 N–H and O–H groups in total. The number of thiophene rings is 1. The van der Waals surface area contributed by atoms with Crippen LogP contribution in [0, 0.1) is 6.92 Å². The second-order valence-corrected chi connectivity index (χ2v) is 5.62. The highest BCUT2D eigenvalue weighted by atomic mass is 32.1. The Hall–Kier alpha value is -1.75. The Morgan fingerprint density at radius 2 is 2.16 bits per heavy atom. The zero-order valence-corrected chi connectivity index (χ0v) is 11.4. The Labute approximate surface area is 116 Å². The van der Waals surface area contributed by atoms with Crippen LogP contribution in [0.3, 0.4) is 0 Å². The summed E-state index contributed by atoms with van der Waals surface area (Å²) in [5.41, 5.74) is 6.27. The number of pyridine rings is 1.